The number of nitrogens with one attached hydrogen (secondary N) is 1. The van der Waals surface area contributed by atoms with E-state index in [1.807, 2.05) is 54.6 Å². The minimum Gasteiger partial charge on any atom is -0.489 e. The first kappa shape index (κ1) is 14.1. The van der Waals surface area contributed by atoms with Crippen LogP contribution in [0.25, 0.3) is 0 Å². The van der Waals surface area contributed by atoms with Crippen molar-refractivity contribution in [3.63, 3.8) is 0 Å². The third-order valence-electron chi connectivity index (χ3n) is 2.66. The largest absolute Gasteiger partial charge is 0.489 e. The fraction of sp³-hybridized carbons (Fsp3) is 0.188. The van der Waals surface area contributed by atoms with E-state index in [4.69, 9.17) is 9.84 Å². The smallest absolute Gasteiger partial charge is 0.119 e. The van der Waals surface area contributed by atoms with Crippen LogP contribution < -0.4 is 10.2 Å². The van der Waals surface area contributed by atoms with E-state index in [2.05, 4.69) is 10.5 Å². The molecule has 0 bridgehead atoms. The summed E-state index contributed by atoms with van der Waals surface area (Å²) in [6, 6.07) is 17.8. The van der Waals surface area contributed by atoms with Crippen LogP contribution in [0.3, 0.4) is 0 Å². The van der Waals surface area contributed by atoms with Gasteiger partial charge in [0.25, 0.3) is 0 Å². The molecular weight excluding hydrogens is 252 g/mol. The molecule has 0 unspecified atom stereocenters. The third kappa shape index (κ3) is 4.74. The number of hydrazone groups is 1. The Bertz CT molecular complexity index is 524. The van der Waals surface area contributed by atoms with Gasteiger partial charge in [-0.3, -0.25) is 0 Å². The zero-order chi connectivity index (χ0) is 14.0. The molecule has 0 saturated carbocycles. The van der Waals surface area contributed by atoms with Gasteiger partial charge in [-0.2, -0.15) is 5.10 Å². The van der Waals surface area contributed by atoms with E-state index < -0.39 is 0 Å². The second-order valence-corrected chi connectivity index (χ2v) is 4.23. The van der Waals surface area contributed by atoms with Crippen molar-refractivity contribution in [2.45, 2.75) is 6.61 Å². The van der Waals surface area contributed by atoms with Gasteiger partial charge < -0.3 is 15.3 Å². The second kappa shape index (κ2) is 7.96. The zero-order valence-electron chi connectivity index (χ0n) is 11.2. The second-order valence-electron chi connectivity index (χ2n) is 4.23. The number of aliphatic hydroxyl groups excluding tert-OH is 1. The molecule has 4 nitrogen and oxygen atoms in total. The van der Waals surface area contributed by atoms with Crippen molar-refractivity contribution in [3.05, 3.63) is 65.7 Å². The monoisotopic (exact) mass is 270 g/mol. The number of hydrogen-bond acceptors (Lipinski definition) is 4. The quantitative estimate of drug-likeness (QED) is 0.460. The van der Waals surface area contributed by atoms with Gasteiger partial charge in [0.1, 0.15) is 12.4 Å². The molecule has 0 aliphatic carbocycles. The summed E-state index contributed by atoms with van der Waals surface area (Å²) in [5, 5.41) is 12.6. The number of ether oxygens (including phenoxy) is 1. The van der Waals surface area contributed by atoms with E-state index in [0.29, 0.717) is 13.2 Å². The number of nitrogens with zero attached hydrogens (tertiary/aromatic N) is 1. The molecule has 0 aliphatic heterocycles. The van der Waals surface area contributed by atoms with Crippen molar-refractivity contribution in [3.8, 4) is 5.75 Å². The highest BCUT2D eigenvalue weighted by Gasteiger charge is 1.95. The minimum atomic E-state index is 0.0730. The number of benzene rings is 2. The molecule has 0 aromatic heterocycles. The Hall–Kier alpha value is -2.33. The van der Waals surface area contributed by atoms with Crippen molar-refractivity contribution >= 4 is 6.21 Å². The third-order valence-corrected chi connectivity index (χ3v) is 2.66. The maximum Gasteiger partial charge on any atom is 0.119 e. The SMILES string of the molecule is OCCN/N=C/c1ccc(OCc2ccccc2)cc1. The summed E-state index contributed by atoms with van der Waals surface area (Å²) in [5.41, 5.74) is 4.85. The first-order valence-corrected chi connectivity index (χ1v) is 6.52. The highest BCUT2D eigenvalue weighted by atomic mass is 16.5. The Kier molecular flexibility index (Phi) is 5.61. The van der Waals surface area contributed by atoms with Crippen molar-refractivity contribution < 1.29 is 9.84 Å². The van der Waals surface area contributed by atoms with Gasteiger partial charge in [0.15, 0.2) is 0 Å². The van der Waals surface area contributed by atoms with E-state index in [1.165, 1.54) is 0 Å². The number of hydrogen-bond donors (Lipinski definition) is 2. The van der Waals surface area contributed by atoms with Gasteiger partial charge in [0, 0.05) is 0 Å². The summed E-state index contributed by atoms with van der Waals surface area (Å²) in [5.74, 6) is 0.828. The standard InChI is InChI=1S/C16H18N2O2/c19-11-10-17-18-12-14-6-8-16(9-7-14)20-13-15-4-2-1-3-5-15/h1-9,12,17,19H,10-11,13H2/b18-12+. The van der Waals surface area contributed by atoms with Gasteiger partial charge >= 0.3 is 0 Å². The van der Waals surface area contributed by atoms with Crippen molar-refractivity contribution in [2.75, 3.05) is 13.2 Å². The van der Waals surface area contributed by atoms with Gasteiger partial charge in [0.2, 0.25) is 0 Å². The van der Waals surface area contributed by atoms with E-state index in [0.717, 1.165) is 16.9 Å². The molecule has 0 atom stereocenters. The Labute approximate surface area is 118 Å². The normalized spacial score (nSPS) is 10.7. The molecule has 0 fully saturated rings. The molecule has 2 aromatic rings. The average Bonchev–Trinajstić information content (AvgIpc) is 2.52. The lowest BCUT2D eigenvalue weighted by Gasteiger charge is -2.06. The first-order chi connectivity index (χ1) is 9.88. The molecule has 0 amide bonds. The molecule has 0 spiro atoms. The van der Waals surface area contributed by atoms with Gasteiger partial charge in [-0.1, -0.05) is 30.3 Å². The van der Waals surface area contributed by atoms with Crippen LogP contribution in [-0.2, 0) is 6.61 Å². The molecule has 20 heavy (non-hydrogen) atoms. The van der Waals surface area contributed by atoms with Gasteiger partial charge in [-0.05, 0) is 35.4 Å². The van der Waals surface area contributed by atoms with E-state index in [-0.39, 0.29) is 6.61 Å². The fourth-order valence-electron chi connectivity index (χ4n) is 1.63. The zero-order valence-corrected chi connectivity index (χ0v) is 11.2. The summed E-state index contributed by atoms with van der Waals surface area (Å²) in [6.07, 6.45) is 1.70. The lowest BCUT2D eigenvalue weighted by molar-refractivity contribution is 0.294. The fourth-order valence-corrected chi connectivity index (χ4v) is 1.63. The topological polar surface area (TPSA) is 53.8 Å². The van der Waals surface area contributed by atoms with Crippen LogP contribution in [0.1, 0.15) is 11.1 Å². The van der Waals surface area contributed by atoms with E-state index >= 15 is 0 Å². The highest BCUT2D eigenvalue weighted by molar-refractivity contribution is 5.79. The van der Waals surface area contributed by atoms with Crippen LogP contribution in [0, 0.1) is 0 Å². The van der Waals surface area contributed by atoms with Crippen molar-refractivity contribution in [1.29, 1.82) is 0 Å². The molecular formula is C16H18N2O2. The summed E-state index contributed by atoms with van der Waals surface area (Å²) in [4.78, 5) is 0. The maximum absolute atomic E-state index is 8.60. The van der Waals surface area contributed by atoms with Crippen LogP contribution in [0.5, 0.6) is 5.75 Å². The van der Waals surface area contributed by atoms with Crippen LogP contribution >= 0.6 is 0 Å². The Balaban J connectivity index is 1.84. The van der Waals surface area contributed by atoms with Crippen molar-refractivity contribution in [1.82, 2.24) is 5.43 Å². The van der Waals surface area contributed by atoms with Gasteiger partial charge in [-0.15, -0.1) is 0 Å². The highest BCUT2D eigenvalue weighted by Crippen LogP contribution is 2.13. The first-order valence-electron chi connectivity index (χ1n) is 6.52. The molecule has 2 N–H and O–H groups in total. The Morgan fingerprint density at radius 2 is 1.80 bits per heavy atom. The molecule has 2 rings (SSSR count). The molecule has 104 valence electrons. The average molecular weight is 270 g/mol. The predicted octanol–water partition coefficient (Wildman–Crippen LogP) is 2.18. The molecule has 0 radical (unpaired) electrons. The Morgan fingerprint density at radius 3 is 2.50 bits per heavy atom. The number of rotatable bonds is 7. The van der Waals surface area contributed by atoms with E-state index in [9.17, 15) is 0 Å². The number of aliphatic hydroxyl groups is 1. The summed E-state index contributed by atoms with van der Waals surface area (Å²) in [6.45, 7) is 1.09. The minimum absolute atomic E-state index is 0.0730. The summed E-state index contributed by atoms with van der Waals surface area (Å²) in [7, 11) is 0. The summed E-state index contributed by atoms with van der Waals surface area (Å²) < 4.78 is 5.70. The van der Waals surface area contributed by atoms with Crippen molar-refractivity contribution in [2.24, 2.45) is 5.10 Å². The van der Waals surface area contributed by atoms with E-state index in [1.54, 1.807) is 6.21 Å². The molecule has 4 heteroatoms. The predicted molar refractivity (Wildman–Crippen MR) is 79.9 cm³/mol. The molecule has 0 saturated heterocycles. The van der Waals surface area contributed by atoms with Gasteiger partial charge in [-0.25, -0.2) is 0 Å². The van der Waals surface area contributed by atoms with Crippen LogP contribution in [-0.4, -0.2) is 24.5 Å². The van der Waals surface area contributed by atoms with Crippen LogP contribution in [0.4, 0.5) is 0 Å². The Morgan fingerprint density at radius 1 is 1.05 bits per heavy atom. The summed E-state index contributed by atoms with van der Waals surface area (Å²) >= 11 is 0. The van der Waals surface area contributed by atoms with Crippen LogP contribution in [0.15, 0.2) is 59.7 Å². The lowest BCUT2D eigenvalue weighted by atomic mass is 10.2. The van der Waals surface area contributed by atoms with Gasteiger partial charge in [0.05, 0.1) is 19.4 Å². The molecule has 2 aromatic carbocycles. The lowest BCUT2D eigenvalue weighted by Crippen LogP contribution is -2.11. The maximum atomic E-state index is 8.60. The van der Waals surface area contributed by atoms with Crippen LogP contribution in [0.2, 0.25) is 0 Å². The molecule has 0 heterocycles. The molecule has 0 aliphatic rings.